The highest BCUT2D eigenvalue weighted by Gasteiger charge is 2.13. The maximum absolute atomic E-state index is 12.6. The molecule has 4 aromatic rings. The first-order valence-corrected chi connectivity index (χ1v) is 9.86. The topological polar surface area (TPSA) is 67.0 Å². The monoisotopic (exact) mass is 437 g/mol. The molecule has 0 saturated carbocycles. The molecule has 0 aliphatic rings. The fourth-order valence-corrected chi connectivity index (χ4v) is 3.41. The summed E-state index contributed by atoms with van der Waals surface area (Å²) in [6.45, 7) is 0. The van der Waals surface area contributed by atoms with Crippen LogP contribution < -0.4 is 10.1 Å². The van der Waals surface area contributed by atoms with Crippen molar-refractivity contribution in [3.8, 4) is 28.4 Å². The van der Waals surface area contributed by atoms with Crippen LogP contribution in [-0.4, -0.2) is 23.0 Å². The summed E-state index contributed by atoms with van der Waals surface area (Å²) in [6, 6.07) is 20.0. The van der Waals surface area contributed by atoms with Gasteiger partial charge in [0.2, 0.25) is 0 Å². The molecule has 0 aliphatic carbocycles. The quantitative estimate of drug-likeness (QED) is 0.384. The SMILES string of the molecule is COc1cc(C(=O)Nc2ccc(Cl)c(-c3ncc(-c4ccccc4)[nH]3)c2)ccc1Cl. The first-order chi connectivity index (χ1) is 14.5. The van der Waals surface area contributed by atoms with Crippen molar-refractivity contribution in [2.75, 3.05) is 12.4 Å². The van der Waals surface area contributed by atoms with Crippen LogP contribution in [0.3, 0.4) is 0 Å². The van der Waals surface area contributed by atoms with Gasteiger partial charge in [0.15, 0.2) is 0 Å². The first-order valence-electron chi connectivity index (χ1n) is 9.10. The summed E-state index contributed by atoms with van der Waals surface area (Å²) < 4.78 is 5.18. The summed E-state index contributed by atoms with van der Waals surface area (Å²) in [7, 11) is 1.50. The van der Waals surface area contributed by atoms with Gasteiger partial charge in [0.05, 0.1) is 29.0 Å². The molecule has 0 radical (unpaired) electrons. The molecule has 1 heterocycles. The molecule has 0 bridgehead atoms. The van der Waals surface area contributed by atoms with E-state index in [1.54, 1.807) is 42.6 Å². The number of aromatic nitrogens is 2. The lowest BCUT2D eigenvalue weighted by Crippen LogP contribution is -2.12. The Bertz CT molecular complexity index is 1210. The fourth-order valence-electron chi connectivity index (χ4n) is 3.01. The Morgan fingerprint density at radius 2 is 1.77 bits per heavy atom. The number of methoxy groups -OCH3 is 1. The lowest BCUT2D eigenvalue weighted by Gasteiger charge is -2.10. The Balaban J connectivity index is 1.60. The van der Waals surface area contributed by atoms with Crippen LogP contribution in [0.5, 0.6) is 5.75 Å². The molecule has 0 aliphatic heterocycles. The summed E-state index contributed by atoms with van der Waals surface area (Å²) in [5, 5.41) is 3.83. The summed E-state index contributed by atoms with van der Waals surface area (Å²) >= 11 is 12.4. The number of anilines is 1. The van der Waals surface area contributed by atoms with Crippen molar-refractivity contribution in [3.05, 3.63) is 88.5 Å². The average Bonchev–Trinajstić information content (AvgIpc) is 3.26. The average molecular weight is 438 g/mol. The summed E-state index contributed by atoms with van der Waals surface area (Å²) in [4.78, 5) is 20.4. The van der Waals surface area contributed by atoms with E-state index in [1.807, 2.05) is 30.3 Å². The number of carbonyl (C=O) groups excluding carboxylic acids is 1. The Morgan fingerprint density at radius 3 is 2.53 bits per heavy atom. The van der Waals surface area contributed by atoms with Gasteiger partial charge in [0.1, 0.15) is 11.6 Å². The van der Waals surface area contributed by atoms with Crippen molar-refractivity contribution < 1.29 is 9.53 Å². The predicted molar refractivity (Wildman–Crippen MR) is 120 cm³/mol. The van der Waals surface area contributed by atoms with Gasteiger partial charge in [-0.2, -0.15) is 0 Å². The van der Waals surface area contributed by atoms with Gasteiger partial charge in [-0.25, -0.2) is 4.98 Å². The van der Waals surface area contributed by atoms with Gasteiger partial charge in [0.25, 0.3) is 5.91 Å². The minimum absolute atomic E-state index is 0.289. The van der Waals surface area contributed by atoms with Crippen LogP contribution in [0.1, 0.15) is 10.4 Å². The van der Waals surface area contributed by atoms with E-state index in [4.69, 9.17) is 27.9 Å². The van der Waals surface area contributed by atoms with Crippen molar-refractivity contribution in [1.29, 1.82) is 0 Å². The van der Waals surface area contributed by atoms with E-state index in [2.05, 4.69) is 15.3 Å². The van der Waals surface area contributed by atoms with E-state index in [-0.39, 0.29) is 5.91 Å². The second-order valence-corrected chi connectivity index (χ2v) is 7.32. The number of hydrogen-bond acceptors (Lipinski definition) is 3. The highest BCUT2D eigenvalue weighted by atomic mass is 35.5. The molecular formula is C23H17Cl2N3O2. The highest BCUT2D eigenvalue weighted by molar-refractivity contribution is 6.33. The van der Waals surface area contributed by atoms with Gasteiger partial charge in [-0.1, -0.05) is 53.5 Å². The van der Waals surface area contributed by atoms with Crippen molar-refractivity contribution in [1.82, 2.24) is 9.97 Å². The zero-order chi connectivity index (χ0) is 21.1. The third-order valence-electron chi connectivity index (χ3n) is 4.55. The van der Waals surface area contributed by atoms with E-state index >= 15 is 0 Å². The third kappa shape index (κ3) is 4.17. The van der Waals surface area contributed by atoms with E-state index in [0.29, 0.717) is 38.4 Å². The molecule has 150 valence electrons. The number of H-pyrrole nitrogens is 1. The van der Waals surface area contributed by atoms with E-state index in [0.717, 1.165) is 11.3 Å². The molecule has 0 spiro atoms. The van der Waals surface area contributed by atoms with Crippen LogP contribution in [-0.2, 0) is 0 Å². The smallest absolute Gasteiger partial charge is 0.255 e. The van der Waals surface area contributed by atoms with Gasteiger partial charge in [-0.3, -0.25) is 4.79 Å². The Kier molecular flexibility index (Phi) is 5.74. The van der Waals surface area contributed by atoms with Crippen LogP contribution in [0.4, 0.5) is 5.69 Å². The number of benzene rings is 3. The number of halogens is 2. The van der Waals surface area contributed by atoms with Crippen molar-refractivity contribution in [2.24, 2.45) is 0 Å². The van der Waals surface area contributed by atoms with Gasteiger partial charge >= 0.3 is 0 Å². The molecule has 0 atom stereocenters. The van der Waals surface area contributed by atoms with Crippen molar-refractivity contribution in [2.45, 2.75) is 0 Å². The van der Waals surface area contributed by atoms with Crippen LogP contribution in [0.25, 0.3) is 22.6 Å². The maximum Gasteiger partial charge on any atom is 0.255 e. The van der Waals surface area contributed by atoms with Gasteiger partial charge in [-0.15, -0.1) is 0 Å². The molecule has 0 saturated heterocycles. The highest BCUT2D eigenvalue weighted by Crippen LogP contribution is 2.31. The number of hydrogen-bond donors (Lipinski definition) is 2. The number of amides is 1. The predicted octanol–water partition coefficient (Wildman–Crippen LogP) is 6.31. The molecule has 7 heteroatoms. The van der Waals surface area contributed by atoms with E-state index in [9.17, 15) is 4.79 Å². The second-order valence-electron chi connectivity index (χ2n) is 6.51. The Hall–Kier alpha value is -3.28. The third-order valence-corrected chi connectivity index (χ3v) is 5.20. The van der Waals surface area contributed by atoms with Gasteiger partial charge in [-0.05, 0) is 42.0 Å². The normalized spacial score (nSPS) is 10.6. The Morgan fingerprint density at radius 1 is 1.00 bits per heavy atom. The minimum atomic E-state index is -0.289. The van der Waals surface area contributed by atoms with Crippen LogP contribution >= 0.6 is 23.2 Å². The molecule has 30 heavy (non-hydrogen) atoms. The standard InChI is InChI=1S/C23H17Cl2N3O2/c1-30-21-11-15(7-9-19(21)25)23(29)27-16-8-10-18(24)17(12-16)22-26-13-20(28-22)14-5-3-2-4-6-14/h2-13H,1H3,(H,26,28)(H,27,29). The van der Waals surface area contributed by atoms with E-state index < -0.39 is 0 Å². The number of nitrogens with zero attached hydrogens (tertiary/aromatic N) is 1. The number of imidazole rings is 1. The van der Waals surface area contributed by atoms with E-state index in [1.165, 1.54) is 7.11 Å². The van der Waals surface area contributed by atoms with Crippen LogP contribution in [0.15, 0.2) is 72.9 Å². The number of nitrogens with one attached hydrogen (secondary N) is 2. The number of rotatable bonds is 5. The minimum Gasteiger partial charge on any atom is -0.495 e. The molecule has 3 aromatic carbocycles. The molecule has 1 aromatic heterocycles. The fraction of sp³-hybridized carbons (Fsp3) is 0.0435. The second kappa shape index (κ2) is 8.61. The molecule has 1 amide bonds. The van der Waals surface area contributed by atoms with Crippen molar-refractivity contribution in [3.63, 3.8) is 0 Å². The lowest BCUT2D eigenvalue weighted by molar-refractivity contribution is 0.102. The van der Waals surface area contributed by atoms with Crippen LogP contribution in [0.2, 0.25) is 10.0 Å². The molecular weight excluding hydrogens is 421 g/mol. The van der Waals surface area contributed by atoms with Gasteiger partial charge in [0, 0.05) is 16.8 Å². The zero-order valence-electron chi connectivity index (χ0n) is 15.9. The van der Waals surface area contributed by atoms with Crippen LogP contribution in [0, 0.1) is 0 Å². The van der Waals surface area contributed by atoms with Crippen molar-refractivity contribution >= 4 is 34.8 Å². The lowest BCUT2D eigenvalue weighted by atomic mass is 10.1. The first kappa shape index (κ1) is 20.0. The Labute approximate surface area is 183 Å². The summed E-state index contributed by atoms with van der Waals surface area (Å²) in [5.74, 6) is 0.760. The summed E-state index contributed by atoms with van der Waals surface area (Å²) in [5.41, 5.74) is 3.60. The van der Waals surface area contributed by atoms with Gasteiger partial charge < -0.3 is 15.0 Å². The molecule has 0 unspecified atom stereocenters. The zero-order valence-corrected chi connectivity index (χ0v) is 17.5. The number of carbonyl (C=O) groups is 1. The molecule has 2 N–H and O–H groups in total. The number of aromatic amines is 1. The molecule has 4 rings (SSSR count). The molecule has 5 nitrogen and oxygen atoms in total. The number of ether oxygens (including phenoxy) is 1. The molecule has 0 fully saturated rings. The maximum atomic E-state index is 12.6. The summed E-state index contributed by atoms with van der Waals surface area (Å²) in [6.07, 6.45) is 1.76. The largest absolute Gasteiger partial charge is 0.495 e.